The summed E-state index contributed by atoms with van der Waals surface area (Å²) in [6.07, 6.45) is -2.96. The topological polar surface area (TPSA) is 107 Å². The van der Waals surface area contributed by atoms with Crippen molar-refractivity contribution in [2.24, 2.45) is 0 Å². The molecule has 2 aliphatic rings. The van der Waals surface area contributed by atoms with Gasteiger partial charge in [-0.2, -0.15) is 0 Å². The second kappa shape index (κ2) is 9.85. The first-order valence-corrected chi connectivity index (χ1v) is 13.8. The number of methoxy groups -OCH3 is 2. The van der Waals surface area contributed by atoms with Gasteiger partial charge in [-0.05, 0) is 40.6 Å². The number of benzene rings is 4. The third-order valence-electron chi connectivity index (χ3n) is 6.67. The van der Waals surface area contributed by atoms with E-state index in [1.54, 1.807) is 36.4 Å². The van der Waals surface area contributed by atoms with Crippen LogP contribution >= 0.6 is 7.60 Å². The van der Waals surface area contributed by atoms with Gasteiger partial charge in [0.25, 0.3) is 0 Å². The zero-order valence-electron chi connectivity index (χ0n) is 21.0. The van der Waals surface area contributed by atoms with Crippen LogP contribution in [0.15, 0.2) is 78.9 Å². The van der Waals surface area contributed by atoms with E-state index in [4.69, 9.17) is 28.0 Å². The SMILES string of the molecule is COc1cccc2c1C(OP(=O)(Cc1cccc3ccccc13)OC1OC(=O)c3cccc(OC)c31)OC2=O. The Morgan fingerprint density at radius 3 is 1.77 bits per heavy atom. The Bertz CT molecular complexity index is 1580. The Hall–Kier alpha value is -4.17. The maximum atomic E-state index is 14.7. The summed E-state index contributed by atoms with van der Waals surface area (Å²) >= 11 is 0. The summed E-state index contributed by atoms with van der Waals surface area (Å²) in [4.78, 5) is 25.2. The molecule has 2 heterocycles. The van der Waals surface area contributed by atoms with Crippen LogP contribution < -0.4 is 9.47 Å². The predicted molar refractivity (Wildman–Crippen MR) is 140 cm³/mol. The molecule has 2 atom stereocenters. The smallest absolute Gasteiger partial charge is 0.341 e. The van der Waals surface area contributed by atoms with Gasteiger partial charge in [-0.3, -0.25) is 13.6 Å². The molecule has 6 rings (SSSR count). The first-order valence-electron chi connectivity index (χ1n) is 12.1. The largest absolute Gasteiger partial charge is 0.496 e. The van der Waals surface area contributed by atoms with E-state index < -0.39 is 32.1 Å². The molecular weight excluding hydrogens is 523 g/mol. The molecule has 0 aromatic heterocycles. The van der Waals surface area contributed by atoms with E-state index in [2.05, 4.69) is 0 Å². The molecule has 10 heteroatoms. The Labute approximate surface area is 223 Å². The Balaban J connectivity index is 1.42. The van der Waals surface area contributed by atoms with Gasteiger partial charge in [0.1, 0.15) is 11.5 Å². The lowest BCUT2D eigenvalue weighted by Crippen LogP contribution is -2.11. The summed E-state index contributed by atoms with van der Waals surface area (Å²) < 4.78 is 48.6. The van der Waals surface area contributed by atoms with Gasteiger partial charge < -0.3 is 18.9 Å². The number of esters is 2. The van der Waals surface area contributed by atoms with Crippen LogP contribution in [0, 0.1) is 0 Å². The van der Waals surface area contributed by atoms with Gasteiger partial charge in [-0.15, -0.1) is 0 Å². The zero-order chi connectivity index (χ0) is 27.1. The van der Waals surface area contributed by atoms with Gasteiger partial charge in [0.05, 0.1) is 42.6 Å². The summed E-state index contributed by atoms with van der Waals surface area (Å²) in [6.45, 7) is 0. The summed E-state index contributed by atoms with van der Waals surface area (Å²) in [6, 6.07) is 22.9. The molecule has 0 saturated carbocycles. The van der Waals surface area contributed by atoms with E-state index >= 15 is 0 Å². The van der Waals surface area contributed by atoms with E-state index in [0.29, 0.717) is 28.2 Å². The molecule has 9 nitrogen and oxygen atoms in total. The average molecular weight is 546 g/mol. The number of hydrogen-bond donors (Lipinski definition) is 0. The molecule has 0 fully saturated rings. The highest BCUT2D eigenvalue weighted by molar-refractivity contribution is 7.53. The van der Waals surface area contributed by atoms with E-state index in [-0.39, 0.29) is 17.3 Å². The van der Waals surface area contributed by atoms with Crippen molar-refractivity contribution >= 4 is 30.3 Å². The number of carbonyl (C=O) groups excluding carboxylic acids is 2. The Morgan fingerprint density at radius 2 is 1.21 bits per heavy atom. The second-order valence-corrected chi connectivity index (χ2v) is 10.9. The molecule has 0 saturated heterocycles. The van der Waals surface area contributed by atoms with Crippen LogP contribution in [0.3, 0.4) is 0 Å². The van der Waals surface area contributed by atoms with Gasteiger partial charge in [0.2, 0.25) is 12.6 Å². The molecule has 39 heavy (non-hydrogen) atoms. The molecule has 2 unspecified atom stereocenters. The van der Waals surface area contributed by atoms with Crippen molar-refractivity contribution in [3.8, 4) is 11.5 Å². The molecule has 0 amide bonds. The van der Waals surface area contributed by atoms with Crippen LogP contribution in [-0.4, -0.2) is 26.2 Å². The van der Waals surface area contributed by atoms with E-state index in [1.165, 1.54) is 14.2 Å². The fraction of sp³-hybridized carbons (Fsp3) is 0.172. The molecule has 0 radical (unpaired) electrons. The third kappa shape index (κ3) is 4.44. The Morgan fingerprint density at radius 1 is 0.692 bits per heavy atom. The first-order chi connectivity index (χ1) is 18.9. The molecule has 0 N–H and O–H groups in total. The van der Waals surface area contributed by atoms with Gasteiger partial charge >= 0.3 is 19.5 Å². The van der Waals surface area contributed by atoms with Crippen molar-refractivity contribution in [2.45, 2.75) is 18.7 Å². The molecule has 4 aromatic carbocycles. The van der Waals surface area contributed by atoms with E-state index in [9.17, 15) is 14.2 Å². The minimum Gasteiger partial charge on any atom is -0.496 e. The van der Waals surface area contributed by atoms with Gasteiger partial charge in [-0.1, -0.05) is 54.6 Å². The maximum absolute atomic E-state index is 14.7. The molecular formula is C29H23O9P. The van der Waals surface area contributed by atoms with Crippen molar-refractivity contribution in [3.63, 3.8) is 0 Å². The van der Waals surface area contributed by atoms with Crippen LogP contribution in [0.2, 0.25) is 0 Å². The lowest BCUT2D eigenvalue weighted by molar-refractivity contribution is -0.0765. The highest BCUT2D eigenvalue weighted by atomic mass is 31.2. The van der Waals surface area contributed by atoms with Crippen LogP contribution in [0.4, 0.5) is 0 Å². The average Bonchev–Trinajstić information content (AvgIpc) is 3.43. The lowest BCUT2D eigenvalue weighted by atomic mass is 10.1. The number of hydrogen-bond acceptors (Lipinski definition) is 9. The quantitative estimate of drug-likeness (QED) is 0.185. The van der Waals surface area contributed by atoms with Crippen LogP contribution in [0.25, 0.3) is 10.8 Å². The number of rotatable bonds is 8. The second-order valence-electron chi connectivity index (χ2n) is 8.94. The predicted octanol–water partition coefficient (Wildman–Crippen LogP) is 6.32. The van der Waals surface area contributed by atoms with Gasteiger partial charge in [-0.25, -0.2) is 9.59 Å². The van der Waals surface area contributed by atoms with Gasteiger partial charge in [0.15, 0.2) is 0 Å². The number of fused-ring (bicyclic) bond motifs is 3. The van der Waals surface area contributed by atoms with Crippen molar-refractivity contribution in [3.05, 3.63) is 107 Å². The number of carbonyl (C=O) groups is 2. The van der Waals surface area contributed by atoms with Crippen LogP contribution in [0.1, 0.15) is 50.0 Å². The number of ether oxygens (including phenoxy) is 4. The first kappa shape index (κ1) is 25.1. The molecule has 2 aliphatic heterocycles. The van der Waals surface area contributed by atoms with Gasteiger partial charge in [0, 0.05) is 0 Å². The molecule has 0 bridgehead atoms. The van der Waals surface area contributed by atoms with E-state index in [1.807, 2.05) is 42.5 Å². The minimum absolute atomic E-state index is 0.203. The van der Waals surface area contributed by atoms with Crippen LogP contribution in [0.5, 0.6) is 11.5 Å². The number of cyclic esters (lactones) is 2. The Kier molecular flexibility index (Phi) is 6.35. The van der Waals surface area contributed by atoms with E-state index in [0.717, 1.165) is 10.8 Å². The van der Waals surface area contributed by atoms with Crippen molar-refractivity contribution in [2.75, 3.05) is 14.2 Å². The summed E-state index contributed by atoms with van der Waals surface area (Å²) in [7, 11) is -1.34. The van der Waals surface area contributed by atoms with Crippen molar-refractivity contribution in [1.29, 1.82) is 0 Å². The fourth-order valence-corrected chi connectivity index (χ4v) is 6.68. The summed E-state index contributed by atoms with van der Waals surface area (Å²) in [5.41, 5.74) is 1.73. The lowest BCUT2D eigenvalue weighted by Gasteiger charge is -2.25. The molecule has 0 aliphatic carbocycles. The highest BCUT2D eigenvalue weighted by Gasteiger charge is 2.45. The van der Waals surface area contributed by atoms with Crippen LogP contribution in [-0.2, 0) is 29.2 Å². The highest BCUT2D eigenvalue weighted by Crippen LogP contribution is 2.61. The summed E-state index contributed by atoms with van der Waals surface area (Å²) in [5, 5.41) is 1.77. The normalized spacial score (nSPS) is 19.1. The minimum atomic E-state index is -4.23. The van der Waals surface area contributed by atoms with Crippen molar-refractivity contribution in [1.82, 2.24) is 0 Å². The van der Waals surface area contributed by atoms with Crippen molar-refractivity contribution < 1.29 is 42.1 Å². The monoisotopic (exact) mass is 546 g/mol. The fourth-order valence-electron chi connectivity index (χ4n) is 4.90. The molecule has 198 valence electrons. The maximum Gasteiger partial charge on any atom is 0.341 e. The third-order valence-corrected chi connectivity index (χ3v) is 8.42. The molecule has 0 spiro atoms. The molecule has 4 aromatic rings. The summed E-state index contributed by atoms with van der Waals surface area (Å²) in [5.74, 6) is -0.631. The zero-order valence-corrected chi connectivity index (χ0v) is 21.9. The standard InChI is InChI=1S/C29H23O9P/c1-33-22-14-6-12-20-24(22)28(35-26(20)30)37-39(32,16-18-10-5-9-17-8-3-4-11-19(17)18)38-29-25-21(27(31)36-29)13-7-15-23(25)34-2/h3-15,28-29H,16H2,1-2H3.